The molecule has 0 aromatic heterocycles. The van der Waals surface area contributed by atoms with Crippen LogP contribution < -0.4 is 10.1 Å². The Balaban J connectivity index is 1.93. The minimum Gasteiger partial charge on any atom is -0.494 e. The number of likely N-dealkylation sites (tertiary alicyclic amines) is 1. The number of carbonyl (C=O) groups is 1. The Hall–Kier alpha value is -1.75. The Morgan fingerprint density at radius 3 is 3.05 bits per heavy atom. The van der Waals surface area contributed by atoms with Crippen molar-refractivity contribution in [2.45, 2.75) is 26.3 Å². The molecule has 2 N–H and O–H groups in total. The summed E-state index contributed by atoms with van der Waals surface area (Å²) in [6, 6.07) is 7.63. The number of benzene rings is 1. The summed E-state index contributed by atoms with van der Waals surface area (Å²) in [4.78, 5) is 14.0. The first-order valence-electron chi connectivity index (χ1n) is 7.53. The Bertz CT molecular complexity index is 478. The molecule has 1 aliphatic rings. The lowest BCUT2D eigenvalue weighted by molar-refractivity contribution is 0.195. The topological polar surface area (TPSA) is 61.8 Å². The maximum Gasteiger partial charge on any atom is 0.317 e. The SMILES string of the molecule is CCOc1cccc(C(C)NC(=O)N2CCC(CO)C2)c1. The molecule has 5 nitrogen and oxygen atoms in total. The van der Waals surface area contributed by atoms with Gasteiger partial charge in [-0.2, -0.15) is 0 Å². The van der Waals surface area contributed by atoms with E-state index < -0.39 is 0 Å². The smallest absolute Gasteiger partial charge is 0.317 e. The quantitative estimate of drug-likeness (QED) is 0.874. The van der Waals surface area contributed by atoms with Gasteiger partial charge in [0, 0.05) is 25.6 Å². The van der Waals surface area contributed by atoms with E-state index in [1.807, 2.05) is 38.1 Å². The van der Waals surface area contributed by atoms with Crippen molar-refractivity contribution in [2.24, 2.45) is 5.92 Å². The highest BCUT2D eigenvalue weighted by atomic mass is 16.5. The zero-order chi connectivity index (χ0) is 15.2. The van der Waals surface area contributed by atoms with Crippen LogP contribution in [0.4, 0.5) is 4.79 Å². The van der Waals surface area contributed by atoms with Gasteiger partial charge in [0.2, 0.25) is 0 Å². The number of nitrogens with one attached hydrogen (secondary N) is 1. The Kier molecular flexibility index (Phi) is 5.44. The van der Waals surface area contributed by atoms with E-state index in [9.17, 15) is 4.79 Å². The molecule has 5 heteroatoms. The van der Waals surface area contributed by atoms with Gasteiger partial charge < -0.3 is 20.1 Å². The van der Waals surface area contributed by atoms with Gasteiger partial charge >= 0.3 is 6.03 Å². The van der Waals surface area contributed by atoms with Crippen LogP contribution in [0.5, 0.6) is 5.75 Å². The predicted octanol–water partition coefficient (Wildman–Crippen LogP) is 2.17. The molecule has 116 valence electrons. The second kappa shape index (κ2) is 7.31. The van der Waals surface area contributed by atoms with Gasteiger partial charge in [-0.1, -0.05) is 12.1 Å². The molecule has 1 aromatic carbocycles. The minimum atomic E-state index is -0.0777. The van der Waals surface area contributed by atoms with Crippen molar-refractivity contribution in [3.05, 3.63) is 29.8 Å². The predicted molar refractivity (Wildman–Crippen MR) is 81.3 cm³/mol. The van der Waals surface area contributed by atoms with Crippen LogP contribution in [-0.4, -0.2) is 42.3 Å². The fraction of sp³-hybridized carbons (Fsp3) is 0.562. The van der Waals surface area contributed by atoms with Gasteiger partial charge in [0.05, 0.1) is 12.6 Å². The van der Waals surface area contributed by atoms with Crippen LogP contribution in [0.2, 0.25) is 0 Å². The van der Waals surface area contributed by atoms with Gasteiger partial charge in [-0.05, 0) is 38.0 Å². The van der Waals surface area contributed by atoms with E-state index in [-0.39, 0.29) is 24.6 Å². The molecule has 1 aromatic rings. The van der Waals surface area contributed by atoms with Crippen molar-refractivity contribution >= 4 is 6.03 Å². The highest BCUT2D eigenvalue weighted by Crippen LogP contribution is 2.20. The maximum atomic E-state index is 12.2. The van der Waals surface area contributed by atoms with Gasteiger partial charge in [-0.25, -0.2) is 4.79 Å². The lowest BCUT2D eigenvalue weighted by Crippen LogP contribution is -2.39. The van der Waals surface area contributed by atoms with Crippen LogP contribution in [0.3, 0.4) is 0 Å². The molecular formula is C16H24N2O3. The minimum absolute atomic E-state index is 0.0692. The molecule has 1 heterocycles. The number of amides is 2. The van der Waals surface area contributed by atoms with Crippen molar-refractivity contribution in [3.63, 3.8) is 0 Å². The summed E-state index contributed by atoms with van der Waals surface area (Å²) in [6.45, 7) is 6.03. The number of aliphatic hydroxyl groups is 1. The van der Waals surface area contributed by atoms with Gasteiger partial charge in [-0.15, -0.1) is 0 Å². The second-order valence-corrected chi connectivity index (χ2v) is 5.46. The number of hydrogen-bond donors (Lipinski definition) is 2. The van der Waals surface area contributed by atoms with Crippen molar-refractivity contribution in [2.75, 3.05) is 26.3 Å². The molecule has 0 spiro atoms. The van der Waals surface area contributed by atoms with Crippen LogP contribution in [0.15, 0.2) is 24.3 Å². The maximum absolute atomic E-state index is 12.2. The average molecular weight is 292 g/mol. The van der Waals surface area contributed by atoms with Gasteiger partial charge in [0.15, 0.2) is 0 Å². The first-order valence-corrected chi connectivity index (χ1v) is 7.53. The normalized spacial score (nSPS) is 19.4. The average Bonchev–Trinajstić information content (AvgIpc) is 2.97. The summed E-state index contributed by atoms with van der Waals surface area (Å²) in [6.07, 6.45) is 0.873. The molecule has 2 amide bonds. The summed E-state index contributed by atoms with van der Waals surface area (Å²) < 4.78 is 5.48. The number of nitrogens with zero attached hydrogens (tertiary/aromatic N) is 1. The lowest BCUT2D eigenvalue weighted by atomic mass is 10.1. The summed E-state index contributed by atoms with van der Waals surface area (Å²) in [5.41, 5.74) is 1.02. The summed E-state index contributed by atoms with van der Waals surface area (Å²) in [5, 5.41) is 12.1. The second-order valence-electron chi connectivity index (χ2n) is 5.46. The molecule has 2 unspecified atom stereocenters. The van der Waals surface area contributed by atoms with E-state index in [4.69, 9.17) is 9.84 Å². The summed E-state index contributed by atoms with van der Waals surface area (Å²) in [7, 11) is 0. The fourth-order valence-electron chi connectivity index (χ4n) is 2.57. The highest BCUT2D eigenvalue weighted by molar-refractivity contribution is 5.75. The van der Waals surface area contributed by atoms with E-state index in [1.54, 1.807) is 4.90 Å². The molecule has 1 fully saturated rings. The van der Waals surface area contributed by atoms with Crippen LogP contribution in [0, 0.1) is 5.92 Å². The van der Waals surface area contributed by atoms with E-state index in [0.29, 0.717) is 19.7 Å². The number of carbonyl (C=O) groups excluding carboxylic acids is 1. The number of rotatable bonds is 5. The number of hydrogen-bond acceptors (Lipinski definition) is 3. The molecule has 0 radical (unpaired) electrons. The third-order valence-electron chi connectivity index (χ3n) is 3.84. The van der Waals surface area contributed by atoms with E-state index in [1.165, 1.54) is 0 Å². The summed E-state index contributed by atoms with van der Waals surface area (Å²) in [5.74, 6) is 1.03. The van der Waals surface area contributed by atoms with Crippen molar-refractivity contribution < 1.29 is 14.6 Å². The molecule has 1 aliphatic heterocycles. The zero-order valence-electron chi connectivity index (χ0n) is 12.7. The van der Waals surface area contributed by atoms with Gasteiger partial charge in [0.1, 0.15) is 5.75 Å². The van der Waals surface area contributed by atoms with Crippen molar-refractivity contribution in [1.29, 1.82) is 0 Å². The number of ether oxygens (including phenoxy) is 1. The molecule has 2 rings (SSSR count). The molecule has 1 saturated heterocycles. The van der Waals surface area contributed by atoms with E-state index >= 15 is 0 Å². The third-order valence-corrected chi connectivity index (χ3v) is 3.84. The van der Waals surface area contributed by atoms with Crippen LogP contribution in [-0.2, 0) is 0 Å². The van der Waals surface area contributed by atoms with E-state index in [2.05, 4.69) is 5.32 Å². The highest BCUT2D eigenvalue weighted by Gasteiger charge is 2.26. The Labute approximate surface area is 125 Å². The largest absolute Gasteiger partial charge is 0.494 e. The zero-order valence-corrected chi connectivity index (χ0v) is 12.7. The van der Waals surface area contributed by atoms with Gasteiger partial charge in [-0.3, -0.25) is 0 Å². The van der Waals surface area contributed by atoms with Crippen molar-refractivity contribution in [1.82, 2.24) is 10.2 Å². The Morgan fingerprint density at radius 1 is 1.57 bits per heavy atom. The van der Waals surface area contributed by atoms with Gasteiger partial charge in [0.25, 0.3) is 0 Å². The number of urea groups is 1. The lowest BCUT2D eigenvalue weighted by Gasteiger charge is -2.21. The summed E-state index contributed by atoms with van der Waals surface area (Å²) >= 11 is 0. The molecule has 0 saturated carbocycles. The Morgan fingerprint density at radius 2 is 2.38 bits per heavy atom. The third kappa shape index (κ3) is 4.11. The molecular weight excluding hydrogens is 268 g/mol. The monoisotopic (exact) mass is 292 g/mol. The standard InChI is InChI=1S/C16H24N2O3/c1-3-21-15-6-4-5-14(9-15)12(2)17-16(20)18-8-7-13(10-18)11-19/h4-6,9,12-13,19H,3,7-8,10-11H2,1-2H3,(H,17,20). The van der Waals surface area contributed by atoms with Crippen LogP contribution >= 0.6 is 0 Å². The molecule has 0 aliphatic carbocycles. The number of aliphatic hydroxyl groups excluding tert-OH is 1. The van der Waals surface area contributed by atoms with Crippen LogP contribution in [0.1, 0.15) is 31.9 Å². The molecule has 0 bridgehead atoms. The molecule has 21 heavy (non-hydrogen) atoms. The molecule has 2 atom stereocenters. The first-order chi connectivity index (χ1) is 10.1. The first kappa shape index (κ1) is 15.6. The van der Waals surface area contributed by atoms with E-state index in [0.717, 1.165) is 17.7 Å². The fourth-order valence-corrected chi connectivity index (χ4v) is 2.57. The van der Waals surface area contributed by atoms with Crippen molar-refractivity contribution in [3.8, 4) is 5.75 Å². The van der Waals surface area contributed by atoms with Crippen LogP contribution in [0.25, 0.3) is 0 Å².